The smallest absolute Gasteiger partial charge is 0.145 e. The topological polar surface area (TPSA) is 17.3 Å². The van der Waals surface area contributed by atoms with Crippen LogP contribution in [0.25, 0.3) is 23.4 Å². The van der Waals surface area contributed by atoms with Crippen LogP contribution in [0.3, 0.4) is 0 Å². The molecule has 0 bridgehead atoms. The zero-order chi connectivity index (χ0) is 13.9. The van der Waals surface area contributed by atoms with Crippen LogP contribution in [0.15, 0.2) is 16.9 Å². The highest BCUT2D eigenvalue weighted by molar-refractivity contribution is 9.10. The van der Waals surface area contributed by atoms with Gasteiger partial charge in [0.2, 0.25) is 0 Å². The number of hydrogen-bond acceptors (Lipinski definition) is 1. The number of rotatable bonds is 0. The van der Waals surface area contributed by atoms with Gasteiger partial charge in [-0.1, -0.05) is 30.7 Å². The van der Waals surface area contributed by atoms with E-state index in [0.717, 1.165) is 23.1 Å². The summed E-state index contributed by atoms with van der Waals surface area (Å²) >= 11 is 3.66. The first-order valence-corrected chi connectivity index (χ1v) is 8.03. The maximum Gasteiger partial charge on any atom is 0.145 e. The number of nitrogens with zero attached hydrogens (tertiary/aromatic N) is 2. The highest BCUT2D eigenvalue weighted by Crippen LogP contribution is 2.30. The summed E-state index contributed by atoms with van der Waals surface area (Å²) in [7, 11) is 0. The summed E-state index contributed by atoms with van der Waals surface area (Å²) in [6, 6.07) is 0. The van der Waals surface area contributed by atoms with Gasteiger partial charge in [-0.3, -0.25) is 4.40 Å². The summed E-state index contributed by atoms with van der Waals surface area (Å²) in [5.74, 6) is 0.575. The van der Waals surface area contributed by atoms with Crippen molar-refractivity contribution < 1.29 is 0 Å². The third-order valence-corrected chi connectivity index (χ3v) is 5.13. The second-order valence-corrected chi connectivity index (χ2v) is 6.70. The van der Waals surface area contributed by atoms with Gasteiger partial charge in [0.1, 0.15) is 10.3 Å². The van der Waals surface area contributed by atoms with E-state index >= 15 is 0 Å². The highest BCUT2D eigenvalue weighted by atomic mass is 79.9. The van der Waals surface area contributed by atoms with E-state index < -0.39 is 0 Å². The lowest BCUT2D eigenvalue weighted by Gasteiger charge is -2.23. The Morgan fingerprint density at radius 3 is 3.10 bits per heavy atom. The van der Waals surface area contributed by atoms with Crippen molar-refractivity contribution in [2.24, 2.45) is 0 Å². The third kappa shape index (κ3) is 1.53. The highest BCUT2D eigenvalue weighted by Gasteiger charge is 2.22. The molecule has 0 amide bonds. The van der Waals surface area contributed by atoms with Crippen LogP contribution < -0.4 is 10.6 Å². The molecule has 0 spiro atoms. The molecule has 3 heteroatoms. The zero-order valence-electron chi connectivity index (χ0n) is 11.8. The standard InChI is InChI=1S/C17H17BrN2/c1-10-5-3-7-12-15(10)16-11(2)6-4-8-13(16)20-14(18)9-19-17(12)20/h3,7-10H,4-6H2,1-2H3. The Morgan fingerprint density at radius 2 is 2.25 bits per heavy atom. The molecule has 0 radical (unpaired) electrons. The van der Waals surface area contributed by atoms with Gasteiger partial charge in [0.25, 0.3) is 0 Å². The fourth-order valence-corrected chi connectivity index (χ4v) is 4.09. The van der Waals surface area contributed by atoms with Crippen molar-refractivity contribution in [3.63, 3.8) is 0 Å². The number of aromatic nitrogens is 2. The van der Waals surface area contributed by atoms with Crippen LogP contribution >= 0.6 is 15.9 Å². The van der Waals surface area contributed by atoms with Gasteiger partial charge in [-0.2, -0.15) is 0 Å². The number of hydrogen-bond donors (Lipinski definition) is 0. The van der Waals surface area contributed by atoms with Crippen LogP contribution in [0.2, 0.25) is 0 Å². The lowest BCUT2D eigenvalue weighted by Crippen LogP contribution is -2.40. The van der Waals surface area contributed by atoms with Crippen LogP contribution in [0.1, 0.15) is 50.2 Å². The second-order valence-electron chi connectivity index (χ2n) is 5.89. The van der Waals surface area contributed by atoms with E-state index in [1.165, 1.54) is 33.7 Å². The Bertz CT molecular complexity index is 871. The average molecular weight is 329 g/mol. The molecule has 0 saturated carbocycles. The van der Waals surface area contributed by atoms with E-state index in [-0.39, 0.29) is 0 Å². The third-order valence-electron chi connectivity index (χ3n) is 4.57. The van der Waals surface area contributed by atoms with Crippen LogP contribution in [0, 0.1) is 0 Å². The van der Waals surface area contributed by atoms with Crippen LogP contribution in [-0.4, -0.2) is 9.38 Å². The van der Waals surface area contributed by atoms with E-state index in [2.05, 4.69) is 57.4 Å². The minimum Gasteiger partial charge on any atom is -0.286 e. The van der Waals surface area contributed by atoms with E-state index in [4.69, 9.17) is 0 Å². The van der Waals surface area contributed by atoms with E-state index in [9.17, 15) is 0 Å². The van der Waals surface area contributed by atoms with Gasteiger partial charge < -0.3 is 0 Å². The Kier molecular flexibility index (Phi) is 2.68. The Labute approximate surface area is 126 Å². The van der Waals surface area contributed by atoms with Crippen molar-refractivity contribution in [1.29, 1.82) is 0 Å². The molecular formula is C17H17BrN2. The molecule has 2 aliphatic carbocycles. The summed E-state index contributed by atoms with van der Waals surface area (Å²) < 4.78 is 3.31. The van der Waals surface area contributed by atoms with E-state index in [1.807, 2.05) is 6.20 Å². The minimum absolute atomic E-state index is 0.575. The molecule has 1 atom stereocenters. The molecular weight excluding hydrogens is 312 g/mol. The Morgan fingerprint density at radius 1 is 1.40 bits per heavy atom. The van der Waals surface area contributed by atoms with Gasteiger partial charge in [-0.25, -0.2) is 4.98 Å². The van der Waals surface area contributed by atoms with Crippen molar-refractivity contribution in [2.75, 3.05) is 0 Å². The Balaban J connectivity index is 2.37. The van der Waals surface area contributed by atoms with Gasteiger partial charge in [0.05, 0.1) is 11.5 Å². The number of imidazole rings is 1. The maximum atomic E-state index is 4.63. The molecule has 4 rings (SSSR count). The normalized spacial score (nSPS) is 20.8. The van der Waals surface area contributed by atoms with Gasteiger partial charge >= 0.3 is 0 Å². The summed E-state index contributed by atoms with van der Waals surface area (Å²) in [5.41, 5.74) is 5.41. The van der Waals surface area contributed by atoms with Gasteiger partial charge in [-0.05, 0) is 53.6 Å². The molecule has 0 fully saturated rings. The van der Waals surface area contributed by atoms with Crippen molar-refractivity contribution in [1.82, 2.24) is 9.38 Å². The van der Waals surface area contributed by atoms with Gasteiger partial charge in [0, 0.05) is 10.8 Å². The molecule has 2 aromatic rings. The summed E-state index contributed by atoms with van der Waals surface area (Å²) in [6.07, 6.45) is 12.3. The van der Waals surface area contributed by atoms with Crippen molar-refractivity contribution in [3.8, 4) is 0 Å². The monoisotopic (exact) mass is 328 g/mol. The van der Waals surface area contributed by atoms with Gasteiger partial charge in [-0.15, -0.1) is 0 Å². The minimum atomic E-state index is 0.575. The first-order chi connectivity index (χ1) is 9.68. The molecule has 2 aliphatic rings. The largest absolute Gasteiger partial charge is 0.286 e. The zero-order valence-corrected chi connectivity index (χ0v) is 13.4. The molecule has 2 heterocycles. The van der Waals surface area contributed by atoms with E-state index in [0.29, 0.717) is 5.92 Å². The molecule has 20 heavy (non-hydrogen) atoms. The van der Waals surface area contributed by atoms with E-state index in [1.54, 1.807) is 0 Å². The fourth-order valence-electron chi connectivity index (χ4n) is 3.63. The number of fused-ring (bicyclic) bond motifs is 6. The molecule has 102 valence electrons. The molecule has 2 nitrogen and oxygen atoms in total. The molecule has 0 saturated heterocycles. The van der Waals surface area contributed by atoms with Crippen molar-refractivity contribution in [2.45, 2.75) is 39.0 Å². The second kappa shape index (κ2) is 4.32. The Hall–Kier alpha value is -1.35. The average Bonchev–Trinajstić information content (AvgIpc) is 2.82. The number of allylic oxidation sites excluding steroid dienone is 1. The quantitative estimate of drug-likeness (QED) is 0.724. The first-order valence-electron chi connectivity index (χ1n) is 7.24. The fraction of sp³-hybridized carbons (Fsp3) is 0.353. The summed E-state index contributed by atoms with van der Waals surface area (Å²) in [6.45, 7) is 4.62. The predicted octanol–water partition coefficient (Wildman–Crippen LogP) is 3.36. The van der Waals surface area contributed by atoms with Crippen molar-refractivity contribution >= 4 is 39.3 Å². The SMILES string of the molecule is CC1=c2c3c(c4ncc(Br)n4c2=CCC1)C=CCC3C. The number of halogens is 1. The van der Waals surface area contributed by atoms with Crippen LogP contribution in [-0.2, 0) is 0 Å². The lowest BCUT2D eigenvalue weighted by atomic mass is 9.85. The molecule has 1 unspecified atom stereocenters. The molecule has 2 aromatic heterocycles. The van der Waals surface area contributed by atoms with Crippen molar-refractivity contribution in [3.05, 3.63) is 38.6 Å². The number of pyridine rings is 1. The lowest BCUT2D eigenvalue weighted by molar-refractivity contribution is 0.755. The molecule has 0 aromatic carbocycles. The van der Waals surface area contributed by atoms with Crippen LogP contribution in [0.5, 0.6) is 0 Å². The predicted molar refractivity (Wildman–Crippen MR) is 87.0 cm³/mol. The van der Waals surface area contributed by atoms with Gasteiger partial charge in [0.15, 0.2) is 0 Å². The summed E-state index contributed by atoms with van der Waals surface area (Å²) in [4.78, 5) is 4.63. The van der Waals surface area contributed by atoms with Crippen LogP contribution in [0.4, 0.5) is 0 Å². The maximum absolute atomic E-state index is 4.63. The molecule has 0 aliphatic heterocycles. The summed E-state index contributed by atoms with van der Waals surface area (Å²) in [5, 5.41) is 2.79. The molecule has 0 N–H and O–H groups in total. The first kappa shape index (κ1) is 12.4.